The highest BCUT2D eigenvalue weighted by Crippen LogP contribution is 2.49. The summed E-state index contributed by atoms with van der Waals surface area (Å²) >= 11 is 3.44. The van der Waals surface area contributed by atoms with Crippen molar-refractivity contribution in [1.82, 2.24) is 9.80 Å². The molecule has 1 aliphatic heterocycles. The van der Waals surface area contributed by atoms with E-state index < -0.39 is 9.84 Å². The van der Waals surface area contributed by atoms with Crippen LogP contribution in [-0.4, -0.2) is 68.9 Å². The molecule has 2 fully saturated rings. The van der Waals surface area contributed by atoms with Gasteiger partial charge in [-0.2, -0.15) is 0 Å². The SMILES string of the molecule is CS(=O)(=O)CCN1CCN(C(=O)C2(c3ccc(Br)cc3)CC2)CC1. The van der Waals surface area contributed by atoms with Crippen LogP contribution in [0.1, 0.15) is 18.4 Å². The number of rotatable bonds is 5. The molecule has 1 aromatic carbocycles. The maximum absolute atomic E-state index is 13.0. The minimum atomic E-state index is -2.93. The third-order valence-corrected chi connectivity index (χ3v) is 6.45. The summed E-state index contributed by atoms with van der Waals surface area (Å²) < 4.78 is 23.6. The molecule has 3 rings (SSSR count). The number of sulfone groups is 1. The summed E-state index contributed by atoms with van der Waals surface area (Å²) in [6.07, 6.45) is 3.10. The Labute approximate surface area is 152 Å². The number of hydrogen-bond donors (Lipinski definition) is 0. The summed E-state index contributed by atoms with van der Waals surface area (Å²) in [5.74, 6) is 0.414. The van der Waals surface area contributed by atoms with Gasteiger partial charge < -0.3 is 4.90 Å². The van der Waals surface area contributed by atoms with Crippen molar-refractivity contribution in [2.45, 2.75) is 18.3 Å². The van der Waals surface area contributed by atoms with Crippen molar-refractivity contribution in [3.8, 4) is 0 Å². The van der Waals surface area contributed by atoms with Crippen molar-refractivity contribution in [3.63, 3.8) is 0 Å². The van der Waals surface area contributed by atoms with Crippen molar-refractivity contribution < 1.29 is 13.2 Å². The molecule has 0 N–H and O–H groups in total. The monoisotopic (exact) mass is 414 g/mol. The molecule has 0 atom stereocenters. The van der Waals surface area contributed by atoms with Gasteiger partial charge in [-0.25, -0.2) is 8.42 Å². The number of carbonyl (C=O) groups excluding carboxylic acids is 1. The lowest BCUT2D eigenvalue weighted by Crippen LogP contribution is -2.52. The number of piperazine rings is 1. The average Bonchev–Trinajstić information content (AvgIpc) is 3.34. The lowest BCUT2D eigenvalue weighted by Gasteiger charge is -2.36. The highest BCUT2D eigenvalue weighted by Gasteiger charge is 2.53. The zero-order valence-corrected chi connectivity index (χ0v) is 16.3. The fraction of sp³-hybridized carbons (Fsp3) is 0.588. The van der Waals surface area contributed by atoms with Crippen molar-refractivity contribution in [1.29, 1.82) is 0 Å². The van der Waals surface area contributed by atoms with Crippen LogP contribution in [0.5, 0.6) is 0 Å². The number of hydrogen-bond acceptors (Lipinski definition) is 4. The molecule has 7 heteroatoms. The van der Waals surface area contributed by atoms with Gasteiger partial charge in [-0.3, -0.25) is 9.69 Å². The van der Waals surface area contributed by atoms with Crippen molar-refractivity contribution in [3.05, 3.63) is 34.3 Å². The third kappa shape index (κ3) is 4.00. The summed E-state index contributed by atoms with van der Waals surface area (Å²) in [5.41, 5.74) is 0.783. The second-order valence-electron chi connectivity index (χ2n) is 6.85. The van der Waals surface area contributed by atoms with Gasteiger partial charge in [0.1, 0.15) is 9.84 Å². The minimum Gasteiger partial charge on any atom is -0.339 e. The van der Waals surface area contributed by atoms with E-state index in [1.807, 2.05) is 29.2 Å². The molecule has 2 aliphatic rings. The number of nitrogens with zero attached hydrogens (tertiary/aromatic N) is 2. The van der Waals surface area contributed by atoms with E-state index >= 15 is 0 Å². The van der Waals surface area contributed by atoms with Gasteiger partial charge in [-0.1, -0.05) is 28.1 Å². The molecule has 0 unspecified atom stereocenters. The summed E-state index contributed by atoms with van der Waals surface area (Å²) in [6.45, 7) is 3.41. The number of halogens is 1. The van der Waals surface area contributed by atoms with Crippen molar-refractivity contribution in [2.24, 2.45) is 0 Å². The fourth-order valence-corrected chi connectivity index (χ4v) is 4.15. The van der Waals surface area contributed by atoms with Crippen LogP contribution in [0.4, 0.5) is 0 Å². The van der Waals surface area contributed by atoms with E-state index in [0.717, 1.165) is 36.0 Å². The summed E-state index contributed by atoms with van der Waals surface area (Å²) in [7, 11) is -2.93. The number of benzene rings is 1. The van der Waals surface area contributed by atoms with E-state index in [4.69, 9.17) is 0 Å². The lowest BCUT2D eigenvalue weighted by atomic mass is 9.94. The smallest absolute Gasteiger partial charge is 0.233 e. The molecule has 1 saturated heterocycles. The minimum absolute atomic E-state index is 0.184. The van der Waals surface area contributed by atoms with Gasteiger partial charge in [0.2, 0.25) is 5.91 Å². The fourth-order valence-electron chi connectivity index (χ4n) is 3.29. The predicted octanol–water partition coefficient (Wildman–Crippen LogP) is 1.67. The van der Waals surface area contributed by atoms with Crippen LogP contribution < -0.4 is 0 Å². The molecule has 1 saturated carbocycles. The average molecular weight is 415 g/mol. The molecule has 24 heavy (non-hydrogen) atoms. The van der Waals surface area contributed by atoms with E-state index in [-0.39, 0.29) is 17.1 Å². The molecule has 1 aromatic rings. The molecular formula is C17H23BrN2O3S. The largest absolute Gasteiger partial charge is 0.339 e. The Kier molecular flexibility index (Phi) is 5.04. The Balaban J connectivity index is 1.58. The molecule has 132 valence electrons. The highest BCUT2D eigenvalue weighted by atomic mass is 79.9. The van der Waals surface area contributed by atoms with E-state index in [9.17, 15) is 13.2 Å². The maximum atomic E-state index is 13.0. The zero-order chi connectivity index (χ0) is 17.4. The molecule has 0 aromatic heterocycles. The standard InChI is InChI=1S/C17H23BrN2O3S/c1-24(22,23)13-12-19-8-10-20(11-9-19)16(21)17(6-7-17)14-2-4-15(18)5-3-14/h2-5H,6-13H2,1H3. The van der Waals surface area contributed by atoms with E-state index in [1.54, 1.807) is 0 Å². The Morgan fingerprint density at radius 2 is 1.71 bits per heavy atom. The lowest BCUT2D eigenvalue weighted by molar-refractivity contribution is -0.135. The second kappa shape index (κ2) is 6.77. The van der Waals surface area contributed by atoms with Crippen LogP contribution in [0.3, 0.4) is 0 Å². The Hall–Kier alpha value is -0.920. The first-order valence-electron chi connectivity index (χ1n) is 8.26. The summed E-state index contributed by atoms with van der Waals surface area (Å²) in [4.78, 5) is 17.1. The molecular weight excluding hydrogens is 392 g/mol. The third-order valence-electron chi connectivity index (χ3n) is 4.99. The van der Waals surface area contributed by atoms with Crippen LogP contribution in [0.25, 0.3) is 0 Å². The highest BCUT2D eigenvalue weighted by molar-refractivity contribution is 9.10. The Bertz CT molecular complexity index is 706. The van der Waals surface area contributed by atoms with E-state index in [0.29, 0.717) is 19.6 Å². The van der Waals surface area contributed by atoms with Crippen LogP contribution in [0.15, 0.2) is 28.7 Å². The Morgan fingerprint density at radius 3 is 2.21 bits per heavy atom. The molecule has 1 amide bonds. The number of carbonyl (C=O) groups is 1. The quantitative estimate of drug-likeness (QED) is 0.734. The van der Waals surface area contributed by atoms with Gasteiger partial charge in [-0.15, -0.1) is 0 Å². The maximum Gasteiger partial charge on any atom is 0.233 e. The topological polar surface area (TPSA) is 57.7 Å². The first-order chi connectivity index (χ1) is 11.3. The van der Waals surface area contributed by atoms with Crippen LogP contribution in [0.2, 0.25) is 0 Å². The zero-order valence-electron chi connectivity index (χ0n) is 13.9. The molecule has 0 radical (unpaired) electrons. The summed E-state index contributed by atoms with van der Waals surface area (Å²) in [6, 6.07) is 8.06. The molecule has 1 aliphatic carbocycles. The predicted molar refractivity (Wildman–Crippen MR) is 97.8 cm³/mol. The van der Waals surface area contributed by atoms with Crippen molar-refractivity contribution in [2.75, 3.05) is 44.7 Å². The first kappa shape index (κ1) is 17.9. The van der Waals surface area contributed by atoms with Crippen LogP contribution in [0, 0.1) is 0 Å². The Morgan fingerprint density at radius 1 is 1.12 bits per heavy atom. The van der Waals surface area contributed by atoms with Gasteiger partial charge in [0.25, 0.3) is 0 Å². The first-order valence-corrected chi connectivity index (χ1v) is 11.1. The van der Waals surface area contributed by atoms with Crippen LogP contribution in [-0.2, 0) is 20.0 Å². The normalized spacial score (nSPS) is 20.8. The molecule has 1 heterocycles. The second-order valence-corrected chi connectivity index (χ2v) is 10.0. The van der Waals surface area contributed by atoms with E-state index in [2.05, 4.69) is 20.8 Å². The van der Waals surface area contributed by atoms with Crippen LogP contribution >= 0.6 is 15.9 Å². The molecule has 5 nitrogen and oxygen atoms in total. The van der Waals surface area contributed by atoms with Gasteiger partial charge >= 0.3 is 0 Å². The van der Waals surface area contributed by atoms with Crippen molar-refractivity contribution >= 4 is 31.7 Å². The van der Waals surface area contributed by atoms with Gasteiger partial charge in [0, 0.05) is 43.5 Å². The van der Waals surface area contributed by atoms with E-state index in [1.165, 1.54) is 6.26 Å². The molecule has 0 spiro atoms. The van der Waals surface area contributed by atoms with Gasteiger partial charge in [0.15, 0.2) is 0 Å². The van der Waals surface area contributed by atoms with Gasteiger partial charge in [0.05, 0.1) is 11.2 Å². The molecule has 0 bridgehead atoms. The number of amides is 1. The summed E-state index contributed by atoms with van der Waals surface area (Å²) in [5, 5.41) is 0. The van der Waals surface area contributed by atoms with Gasteiger partial charge in [-0.05, 0) is 30.5 Å².